The quantitative estimate of drug-likeness (QED) is 0.531. The molecule has 2 atom stereocenters. The topological polar surface area (TPSA) is 104 Å². The van der Waals surface area contributed by atoms with Crippen molar-refractivity contribution in [3.05, 3.63) is 59.7 Å². The number of rotatable bonds is 10. The molecule has 2 rings (SSSR count). The summed E-state index contributed by atoms with van der Waals surface area (Å²) in [5.41, 5.74) is 2.51. The van der Waals surface area contributed by atoms with E-state index in [2.05, 4.69) is 6.07 Å². The lowest BCUT2D eigenvalue weighted by Crippen LogP contribution is -2.51. The van der Waals surface area contributed by atoms with Crippen LogP contribution in [-0.2, 0) is 21.2 Å². The first-order valence-electron chi connectivity index (χ1n) is 10.8. The first-order chi connectivity index (χ1) is 16.0. The molecule has 0 saturated heterocycles. The van der Waals surface area contributed by atoms with Crippen molar-refractivity contribution in [2.75, 3.05) is 13.1 Å². The van der Waals surface area contributed by atoms with Gasteiger partial charge in [0.25, 0.3) is 9.84 Å². The monoisotopic (exact) mass is 495 g/mol. The van der Waals surface area contributed by atoms with Crippen LogP contribution in [0.15, 0.2) is 48.5 Å². The third-order valence-corrected chi connectivity index (χ3v) is 7.55. The maximum absolute atomic E-state index is 13.3. The lowest BCUT2D eigenvalue weighted by Gasteiger charge is -2.30. The second-order valence-electron chi connectivity index (χ2n) is 8.09. The number of unbranched alkanes of at least 4 members (excludes halogenated alkanes) is 1. The van der Waals surface area contributed by atoms with Crippen molar-refractivity contribution >= 4 is 15.7 Å². The lowest BCUT2D eigenvalue weighted by molar-refractivity contribution is -0.132. The molecule has 2 aromatic carbocycles. The smallest absolute Gasteiger partial charge is 0.337 e. The second-order valence-corrected chi connectivity index (χ2v) is 10.2. The zero-order valence-corrected chi connectivity index (χ0v) is 19.9. The summed E-state index contributed by atoms with van der Waals surface area (Å²) in [6.45, 7) is 2.75. The normalized spacial score (nSPS) is 13.7. The largest absolute Gasteiger partial charge is 0.498 e. The van der Waals surface area contributed by atoms with Gasteiger partial charge in [0.15, 0.2) is 5.25 Å². The average molecular weight is 496 g/mol. The van der Waals surface area contributed by atoms with E-state index in [-0.39, 0.29) is 19.6 Å². The van der Waals surface area contributed by atoms with Gasteiger partial charge in [0.1, 0.15) is 0 Å². The number of benzene rings is 2. The van der Waals surface area contributed by atoms with E-state index in [1.54, 1.807) is 48.5 Å². The highest BCUT2D eigenvalue weighted by Crippen LogP contribution is 2.32. The van der Waals surface area contributed by atoms with Crippen LogP contribution in [0.1, 0.15) is 37.8 Å². The predicted molar refractivity (Wildman–Crippen MR) is 124 cm³/mol. The first kappa shape index (κ1) is 27.3. The SMILES string of the molecule is CCCCN(Cc1ccc(-c2ccccc2C#N)cc1)C(=O)C(C(C)CN)S(=O)(=O)C(F)(F)F. The summed E-state index contributed by atoms with van der Waals surface area (Å²) < 4.78 is 64.4. The molecular formula is C24H28F3N3O3S. The number of carbonyl (C=O) groups is 1. The zero-order chi connectivity index (χ0) is 25.5. The van der Waals surface area contributed by atoms with Gasteiger partial charge in [-0.1, -0.05) is 62.7 Å². The number of hydrogen-bond donors (Lipinski definition) is 1. The fourth-order valence-corrected chi connectivity index (χ4v) is 5.01. The van der Waals surface area contributed by atoms with Crippen molar-refractivity contribution in [2.24, 2.45) is 11.7 Å². The van der Waals surface area contributed by atoms with Gasteiger partial charge >= 0.3 is 5.51 Å². The minimum atomic E-state index is -5.76. The van der Waals surface area contributed by atoms with Crippen LogP contribution in [0.3, 0.4) is 0 Å². The highest BCUT2D eigenvalue weighted by molar-refractivity contribution is 7.93. The average Bonchev–Trinajstić information content (AvgIpc) is 2.81. The summed E-state index contributed by atoms with van der Waals surface area (Å²) in [6.07, 6.45) is 1.16. The molecule has 0 aliphatic heterocycles. The maximum atomic E-state index is 13.3. The van der Waals surface area contributed by atoms with E-state index in [0.717, 1.165) is 16.0 Å². The van der Waals surface area contributed by atoms with E-state index in [1.807, 2.05) is 6.92 Å². The molecule has 2 unspecified atom stereocenters. The van der Waals surface area contributed by atoms with Crippen molar-refractivity contribution < 1.29 is 26.4 Å². The molecule has 0 aromatic heterocycles. The van der Waals surface area contributed by atoms with Crippen LogP contribution in [0, 0.1) is 17.2 Å². The van der Waals surface area contributed by atoms with Gasteiger partial charge in [-0.3, -0.25) is 4.79 Å². The fraction of sp³-hybridized carbons (Fsp3) is 0.417. The predicted octanol–water partition coefficient (Wildman–Crippen LogP) is 4.25. The Hall–Kier alpha value is -2.90. The molecule has 0 aliphatic carbocycles. The van der Waals surface area contributed by atoms with Crippen LogP contribution >= 0.6 is 0 Å². The van der Waals surface area contributed by atoms with Gasteiger partial charge in [0.2, 0.25) is 5.91 Å². The van der Waals surface area contributed by atoms with E-state index >= 15 is 0 Å². The molecule has 0 heterocycles. The van der Waals surface area contributed by atoms with Crippen molar-refractivity contribution in [1.82, 2.24) is 4.90 Å². The molecular weight excluding hydrogens is 467 g/mol. The molecule has 10 heteroatoms. The molecule has 0 fully saturated rings. The van der Waals surface area contributed by atoms with Gasteiger partial charge in [-0.25, -0.2) is 8.42 Å². The molecule has 6 nitrogen and oxygen atoms in total. The van der Waals surface area contributed by atoms with E-state index in [1.165, 1.54) is 6.92 Å². The van der Waals surface area contributed by atoms with Gasteiger partial charge < -0.3 is 10.6 Å². The number of hydrogen-bond acceptors (Lipinski definition) is 5. The number of nitrogens with two attached hydrogens (primary N) is 1. The summed E-state index contributed by atoms with van der Waals surface area (Å²) in [4.78, 5) is 14.3. The molecule has 2 aromatic rings. The van der Waals surface area contributed by atoms with Crippen molar-refractivity contribution in [2.45, 2.75) is 44.0 Å². The molecule has 2 N–H and O–H groups in total. The van der Waals surface area contributed by atoms with Crippen molar-refractivity contribution in [3.63, 3.8) is 0 Å². The van der Waals surface area contributed by atoms with E-state index < -0.39 is 32.4 Å². The zero-order valence-electron chi connectivity index (χ0n) is 19.0. The van der Waals surface area contributed by atoms with Crippen LogP contribution in [0.25, 0.3) is 11.1 Å². The van der Waals surface area contributed by atoms with Gasteiger partial charge in [-0.2, -0.15) is 18.4 Å². The van der Waals surface area contributed by atoms with E-state index in [9.17, 15) is 31.6 Å². The van der Waals surface area contributed by atoms with Gasteiger partial charge in [0.05, 0.1) is 11.6 Å². The maximum Gasteiger partial charge on any atom is 0.498 e. The number of halogens is 3. The lowest BCUT2D eigenvalue weighted by atomic mass is 9.99. The number of carbonyl (C=O) groups excluding carboxylic acids is 1. The van der Waals surface area contributed by atoms with Gasteiger partial charge in [-0.05, 0) is 41.6 Å². The Balaban J connectivity index is 2.38. The molecule has 0 saturated carbocycles. The Morgan fingerprint density at radius 3 is 2.29 bits per heavy atom. The highest BCUT2D eigenvalue weighted by Gasteiger charge is 2.55. The summed E-state index contributed by atoms with van der Waals surface area (Å²) in [7, 11) is -5.76. The molecule has 0 bridgehead atoms. The summed E-state index contributed by atoms with van der Waals surface area (Å²) >= 11 is 0. The Bertz CT molecular complexity index is 1130. The minimum absolute atomic E-state index is 0.0554. The number of nitrogens with zero attached hydrogens (tertiary/aromatic N) is 2. The Kier molecular flexibility index (Phi) is 9.24. The molecule has 34 heavy (non-hydrogen) atoms. The number of nitriles is 1. The van der Waals surface area contributed by atoms with Crippen LogP contribution in [-0.4, -0.2) is 43.1 Å². The highest BCUT2D eigenvalue weighted by atomic mass is 32.2. The van der Waals surface area contributed by atoms with Crippen molar-refractivity contribution in [3.8, 4) is 17.2 Å². The van der Waals surface area contributed by atoms with Crippen molar-refractivity contribution in [1.29, 1.82) is 5.26 Å². The number of sulfone groups is 1. The molecule has 0 radical (unpaired) electrons. The number of amides is 1. The van der Waals surface area contributed by atoms with Crippen LogP contribution < -0.4 is 5.73 Å². The van der Waals surface area contributed by atoms with Crippen LogP contribution in [0.5, 0.6) is 0 Å². The Labute approximate surface area is 198 Å². The molecule has 0 aliphatic rings. The Morgan fingerprint density at radius 2 is 1.76 bits per heavy atom. The molecule has 1 amide bonds. The standard InChI is InChI=1S/C24H28F3N3O3S/c1-3-4-13-30(23(31)22(17(2)14-28)34(32,33)24(25,26)27)16-18-9-11-19(12-10-18)21-8-6-5-7-20(21)15-29/h5-12,17,22H,3-4,13-14,16,28H2,1-2H3. The van der Waals surface area contributed by atoms with Crippen LogP contribution in [0.4, 0.5) is 13.2 Å². The van der Waals surface area contributed by atoms with E-state index in [4.69, 9.17) is 5.73 Å². The van der Waals surface area contributed by atoms with Gasteiger partial charge in [0, 0.05) is 13.1 Å². The summed E-state index contributed by atoms with van der Waals surface area (Å²) in [5.74, 6) is -2.32. The molecule has 184 valence electrons. The minimum Gasteiger partial charge on any atom is -0.337 e. The van der Waals surface area contributed by atoms with Crippen LogP contribution in [0.2, 0.25) is 0 Å². The molecule has 0 spiro atoms. The second kappa shape index (κ2) is 11.5. The number of alkyl halides is 3. The van der Waals surface area contributed by atoms with E-state index in [0.29, 0.717) is 24.0 Å². The third-order valence-electron chi connectivity index (χ3n) is 5.57. The fourth-order valence-electron chi connectivity index (χ4n) is 3.59. The third kappa shape index (κ3) is 6.15. The summed E-state index contributed by atoms with van der Waals surface area (Å²) in [6, 6.07) is 16.1. The summed E-state index contributed by atoms with van der Waals surface area (Å²) in [5, 5.41) is 7.00. The Morgan fingerprint density at radius 1 is 1.15 bits per heavy atom. The van der Waals surface area contributed by atoms with Gasteiger partial charge in [-0.15, -0.1) is 0 Å². The first-order valence-corrected chi connectivity index (χ1v) is 12.4.